The number of nitrogen functional groups attached to an aromatic ring is 1. The summed E-state index contributed by atoms with van der Waals surface area (Å²) in [6.45, 7) is 4.15. The summed E-state index contributed by atoms with van der Waals surface area (Å²) in [5, 5.41) is 2.14. The van der Waals surface area contributed by atoms with E-state index in [0.29, 0.717) is 11.8 Å². The van der Waals surface area contributed by atoms with Crippen LogP contribution in [-0.2, 0) is 0 Å². The Labute approximate surface area is 145 Å². The van der Waals surface area contributed by atoms with Gasteiger partial charge in [0.05, 0.1) is 15.8 Å². The van der Waals surface area contributed by atoms with Gasteiger partial charge in [0.1, 0.15) is 5.82 Å². The first-order valence-electron chi connectivity index (χ1n) is 7.66. The van der Waals surface area contributed by atoms with Crippen LogP contribution in [0.3, 0.4) is 0 Å². The summed E-state index contributed by atoms with van der Waals surface area (Å²) in [5.74, 6) is 1.45. The largest absolute Gasteiger partial charge is 0.368 e. The van der Waals surface area contributed by atoms with Gasteiger partial charge in [-0.25, -0.2) is 4.98 Å². The van der Waals surface area contributed by atoms with Crippen LogP contribution in [0, 0.1) is 6.92 Å². The van der Waals surface area contributed by atoms with Gasteiger partial charge in [0.15, 0.2) is 0 Å². The Balaban J connectivity index is 1.91. The Kier molecular flexibility index (Phi) is 4.53. The van der Waals surface area contributed by atoms with Crippen LogP contribution in [0.25, 0.3) is 10.9 Å². The zero-order valence-corrected chi connectivity index (χ0v) is 15.0. The fraction of sp³-hybridized carbons (Fsp3) is 0.294. The van der Waals surface area contributed by atoms with Gasteiger partial charge < -0.3 is 10.6 Å². The Morgan fingerprint density at radius 1 is 1.08 bits per heavy atom. The highest BCUT2D eigenvalue weighted by atomic mass is 32.2. The van der Waals surface area contributed by atoms with Crippen molar-refractivity contribution in [1.82, 2.24) is 19.9 Å². The summed E-state index contributed by atoms with van der Waals surface area (Å²) < 4.78 is 0. The summed E-state index contributed by atoms with van der Waals surface area (Å²) in [7, 11) is 3.76. The number of hydrogen-bond donors (Lipinski definition) is 1. The molecule has 0 fully saturated rings. The minimum Gasteiger partial charge on any atom is -0.368 e. The Bertz CT molecular complexity index is 880. The van der Waals surface area contributed by atoms with Gasteiger partial charge in [-0.1, -0.05) is 30.0 Å². The number of hydrogen-bond acceptors (Lipinski definition) is 7. The Hall–Kier alpha value is -2.41. The molecule has 124 valence electrons. The lowest BCUT2D eigenvalue weighted by Crippen LogP contribution is -2.16. The predicted octanol–water partition coefficient (Wildman–Crippen LogP) is 3.23. The van der Waals surface area contributed by atoms with Crippen LogP contribution in [0.4, 0.5) is 11.9 Å². The molecule has 6 nitrogen and oxygen atoms in total. The molecule has 0 bridgehead atoms. The van der Waals surface area contributed by atoms with E-state index in [1.807, 2.05) is 44.1 Å². The SMILES string of the molecule is Cc1cc(S[C@@H](C)c2nc(N)nc(N(C)C)n2)nc2ccccc12. The zero-order valence-electron chi connectivity index (χ0n) is 14.2. The minimum absolute atomic E-state index is 0.0158. The van der Waals surface area contributed by atoms with Crippen molar-refractivity contribution >= 4 is 34.6 Å². The van der Waals surface area contributed by atoms with Crippen LogP contribution in [-0.4, -0.2) is 34.0 Å². The van der Waals surface area contributed by atoms with Crippen molar-refractivity contribution in [2.45, 2.75) is 24.1 Å². The number of nitrogens with two attached hydrogens (primary N) is 1. The van der Waals surface area contributed by atoms with Gasteiger partial charge in [-0.2, -0.15) is 15.0 Å². The number of anilines is 2. The van der Waals surface area contributed by atoms with Crippen molar-refractivity contribution in [1.29, 1.82) is 0 Å². The molecule has 2 aromatic heterocycles. The van der Waals surface area contributed by atoms with Gasteiger partial charge in [-0.15, -0.1) is 0 Å². The second-order valence-electron chi connectivity index (χ2n) is 5.80. The van der Waals surface area contributed by atoms with Crippen molar-refractivity contribution in [2.24, 2.45) is 0 Å². The molecule has 0 saturated heterocycles. The second kappa shape index (κ2) is 6.60. The molecular formula is C17H20N6S. The van der Waals surface area contributed by atoms with E-state index in [1.165, 1.54) is 10.9 Å². The maximum Gasteiger partial charge on any atom is 0.229 e. The number of para-hydroxylation sites is 1. The fourth-order valence-corrected chi connectivity index (χ4v) is 3.36. The van der Waals surface area contributed by atoms with Gasteiger partial charge in [0, 0.05) is 19.5 Å². The first-order valence-corrected chi connectivity index (χ1v) is 8.54. The number of aryl methyl sites for hydroxylation is 1. The lowest BCUT2D eigenvalue weighted by Gasteiger charge is -2.15. The number of nitrogens with zero attached hydrogens (tertiary/aromatic N) is 5. The smallest absolute Gasteiger partial charge is 0.229 e. The summed E-state index contributed by atoms with van der Waals surface area (Å²) in [6, 6.07) is 10.3. The molecule has 0 amide bonds. The van der Waals surface area contributed by atoms with E-state index in [9.17, 15) is 0 Å². The molecule has 24 heavy (non-hydrogen) atoms. The van der Waals surface area contributed by atoms with E-state index in [1.54, 1.807) is 11.8 Å². The van der Waals surface area contributed by atoms with Crippen LogP contribution in [0.1, 0.15) is 23.6 Å². The lowest BCUT2D eigenvalue weighted by atomic mass is 10.1. The van der Waals surface area contributed by atoms with Gasteiger partial charge in [-0.05, 0) is 31.5 Å². The number of rotatable bonds is 4. The molecule has 0 aliphatic carbocycles. The molecule has 7 heteroatoms. The molecule has 0 saturated carbocycles. The standard InChI is InChI=1S/C17H20N6S/c1-10-9-14(19-13-8-6-5-7-12(10)13)24-11(2)15-20-16(18)22-17(21-15)23(3)4/h5-9,11H,1-4H3,(H2,18,20,21,22)/t11-/m0/s1. The normalized spacial score (nSPS) is 12.3. The molecule has 0 spiro atoms. The maximum atomic E-state index is 5.81. The van der Waals surface area contributed by atoms with Crippen LogP contribution in [0.5, 0.6) is 0 Å². The molecule has 2 N–H and O–H groups in total. The average molecular weight is 340 g/mol. The average Bonchev–Trinajstić information content (AvgIpc) is 2.54. The van der Waals surface area contributed by atoms with Crippen molar-refractivity contribution < 1.29 is 0 Å². The van der Waals surface area contributed by atoms with E-state index in [0.717, 1.165) is 10.5 Å². The van der Waals surface area contributed by atoms with Crippen LogP contribution in [0.2, 0.25) is 0 Å². The van der Waals surface area contributed by atoms with Crippen molar-refractivity contribution in [3.63, 3.8) is 0 Å². The number of benzene rings is 1. The first kappa shape index (κ1) is 16.4. The zero-order chi connectivity index (χ0) is 17.3. The number of pyridine rings is 1. The Morgan fingerprint density at radius 2 is 1.83 bits per heavy atom. The van der Waals surface area contributed by atoms with E-state index < -0.39 is 0 Å². The van der Waals surface area contributed by atoms with Crippen LogP contribution < -0.4 is 10.6 Å². The third kappa shape index (κ3) is 3.41. The molecular weight excluding hydrogens is 320 g/mol. The first-order chi connectivity index (χ1) is 11.4. The van der Waals surface area contributed by atoms with Gasteiger partial charge in [-0.3, -0.25) is 0 Å². The highest BCUT2D eigenvalue weighted by Crippen LogP contribution is 2.34. The molecule has 0 radical (unpaired) electrons. The topological polar surface area (TPSA) is 80.8 Å². The summed E-state index contributed by atoms with van der Waals surface area (Å²) in [4.78, 5) is 19.4. The second-order valence-corrected chi connectivity index (χ2v) is 7.16. The van der Waals surface area contributed by atoms with Gasteiger partial charge in [0.2, 0.25) is 11.9 Å². The fourth-order valence-electron chi connectivity index (χ4n) is 2.39. The van der Waals surface area contributed by atoms with E-state index in [4.69, 9.17) is 10.7 Å². The summed E-state index contributed by atoms with van der Waals surface area (Å²) >= 11 is 1.62. The van der Waals surface area contributed by atoms with Crippen molar-refractivity contribution in [3.05, 3.63) is 41.7 Å². The molecule has 2 heterocycles. The molecule has 0 unspecified atom stereocenters. The van der Waals surface area contributed by atoms with Crippen LogP contribution in [0.15, 0.2) is 35.4 Å². The van der Waals surface area contributed by atoms with Gasteiger partial charge in [0.25, 0.3) is 0 Å². The summed E-state index contributed by atoms with van der Waals surface area (Å²) in [6.07, 6.45) is 0. The lowest BCUT2D eigenvalue weighted by molar-refractivity contribution is 0.863. The molecule has 3 aromatic rings. The molecule has 0 aliphatic heterocycles. The monoisotopic (exact) mass is 340 g/mol. The number of aromatic nitrogens is 4. The van der Waals surface area contributed by atoms with Crippen molar-refractivity contribution in [3.8, 4) is 0 Å². The summed E-state index contributed by atoms with van der Waals surface area (Å²) in [5.41, 5.74) is 8.02. The predicted molar refractivity (Wildman–Crippen MR) is 99.3 cm³/mol. The highest BCUT2D eigenvalue weighted by molar-refractivity contribution is 7.99. The minimum atomic E-state index is 0.0158. The maximum absolute atomic E-state index is 5.81. The quantitative estimate of drug-likeness (QED) is 0.730. The van der Waals surface area contributed by atoms with E-state index in [2.05, 4.69) is 34.0 Å². The third-order valence-electron chi connectivity index (χ3n) is 3.62. The van der Waals surface area contributed by atoms with Crippen LogP contribution >= 0.6 is 11.8 Å². The molecule has 3 rings (SSSR count). The van der Waals surface area contributed by atoms with Gasteiger partial charge >= 0.3 is 0 Å². The van der Waals surface area contributed by atoms with E-state index >= 15 is 0 Å². The molecule has 0 aliphatic rings. The third-order valence-corrected chi connectivity index (χ3v) is 4.63. The Morgan fingerprint density at radius 3 is 2.58 bits per heavy atom. The number of thioether (sulfide) groups is 1. The molecule has 1 aromatic carbocycles. The number of fused-ring (bicyclic) bond motifs is 1. The molecule has 1 atom stereocenters. The van der Waals surface area contributed by atoms with Crippen molar-refractivity contribution in [2.75, 3.05) is 24.7 Å². The highest BCUT2D eigenvalue weighted by Gasteiger charge is 2.16. The van der Waals surface area contributed by atoms with E-state index in [-0.39, 0.29) is 11.2 Å².